The van der Waals surface area contributed by atoms with Crippen molar-refractivity contribution in [1.82, 2.24) is 15.0 Å². The van der Waals surface area contributed by atoms with E-state index >= 15 is 0 Å². The fourth-order valence-corrected chi connectivity index (χ4v) is 1.73. The molecule has 0 aliphatic heterocycles. The second-order valence-corrected chi connectivity index (χ2v) is 3.90. The van der Waals surface area contributed by atoms with Crippen molar-refractivity contribution in [2.75, 3.05) is 0 Å². The van der Waals surface area contributed by atoms with Gasteiger partial charge in [0.1, 0.15) is 11.0 Å². The van der Waals surface area contributed by atoms with Crippen molar-refractivity contribution in [3.63, 3.8) is 0 Å². The molecule has 1 aliphatic carbocycles. The Morgan fingerprint density at radius 3 is 2.93 bits per heavy atom. The number of nitrogens with zero attached hydrogens (tertiary/aromatic N) is 3. The Morgan fingerprint density at radius 1 is 1.29 bits per heavy atom. The van der Waals surface area contributed by atoms with Gasteiger partial charge >= 0.3 is 0 Å². The molecule has 2 aromatic heterocycles. The molecule has 0 saturated heterocycles. The summed E-state index contributed by atoms with van der Waals surface area (Å²) in [5.74, 6) is 1.40. The molecule has 0 bridgehead atoms. The Labute approximate surface area is 86.2 Å². The maximum absolute atomic E-state index is 6.06. The third kappa shape index (κ3) is 1.24. The van der Waals surface area contributed by atoms with Crippen molar-refractivity contribution in [3.05, 3.63) is 29.4 Å². The Balaban J connectivity index is 2.27. The van der Waals surface area contributed by atoms with Gasteiger partial charge in [0.15, 0.2) is 0 Å². The predicted octanol–water partition coefficient (Wildman–Crippen LogP) is 2.56. The van der Waals surface area contributed by atoms with Crippen molar-refractivity contribution >= 4 is 22.5 Å². The summed E-state index contributed by atoms with van der Waals surface area (Å²) in [5, 5.41) is 1.42. The monoisotopic (exact) mass is 205 g/mol. The van der Waals surface area contributed by atoms with Gasteiger partial charge in [0.05, 0.1) is 11.7 Å². The van der Waals surface area contributed by atoms with Crippen molar-refractivity contribution in [2.45, 2.75) is 18.8 Å². The van der Waals surface area contributed by atoms with E-state index in [1.54, 1.807) is 12.4 Å². The van der Waals surface area contributed by atoms with Crippen LogP contribution in [0.3, 0.4) is 0 Å². The fraction of sp³-hybridized carbons (Fsp3) is 0.300. The van der Waals surface area contributed by atoms with E-state index in [1.807, 2.05) is 6.07 Å². The molecule has 1 aliphatic rings. The molecule has 3 nitrogen and oxygen atoms in total. The summed E-state index contributed by atoms with van der Waals surface area (Å²) in [7, 11) is 0. The van der Waals surface area contributed by atoms with Crippen molar-refractivity contribution in [3.8, 4) is 0 Å². The van der Waals surface area contributed by atoms with E-state index in [1.165, 1.54) is 12.8 Å². The largest absolute Gasteiger partial charge is 0.262 e. The minimum Gasteiger partial charge on any atom is -0.262 e. The first-order chi connectivity index (χ1) is 6.84. The summed E-state index contributed by atoms with van der Waals surface area (Å²) in [6.45, 7) is 0. The van der Waals surface area contributed by atoms with Crippen LogP contribution in [0.4, 0.5) is 0 Å². The van der Waals surface area contributed by atoms with Crippen LogP contribution in [-0.4, -0.2) is 15.0 Å². The summed E-state index contributed by atoms with van der Waals surface area (Å²) in [5.41, 5.74) is 0.842. The first-order valence-corrected chi connectivity index (χ1v) is 4.99. The number of halogens is 1. The number of hydrogen-bond acceptors (Lipinski definition) is 3. The lowest BCUT2D eigenvalue weighted by molar-refractivity contribution is 0.946. The van der Waals surface area contributed by atoms with Crippen LogP contribution in [0.15, 0.2) is 18.5 Å². The zero-order valence-corrected chi connectivity index (χ0v) is 8.20. The Bertz CT molecular complexity index is 494. The summed E-state index contributed by atoms with van der Waals surface area (Å²) < 4.78 is 0. The van der Waals surface area contributed by atoms with Gasteiger partial charge in [-0.1, -0.05) is 11.6 Å². The molecule has 1 fully saturated rings. The molecule has 2 heterocycles. The van der Waals surface area contributed by atoms with E-state index in [0.717, 1.165) is 16.7 Å². The molecule has 0 atom stereocenters. The van der Waals surface area contributed by atoms with Gasteiger partial charge in [0, 0.05) is 17.5 Å². The zero-order valence-electron chi connectivity index (χ0n) is 7.44. The van der Waals surface area contributed by atoms with Crippen molar-refractivity contribution in [2.24, 2.45) is 0 Å². The fourth-order valence-electron chi connectivity index (χ4n) is 1.48. The predicted molar refractivity (Wildman–Crippen MR) is 54.3 cm³/mol. The maximum atomic E-state index is 6.06. The summed E-state index contributed by atoms with van der Waals surface area (Å²) in [4.78, 5) is 12.8. The van der Waals surface area contributed by atoms with Gasteiger partial charge in [-0.15, -0.1) is 0 Å². The zero-order chi connectivity index (χ0) is 9.54. The third-order valence-electron chi connectivity index (χ3n) is 2.41. The first kappa shape index (κ1) is 8.12. The van der Waals surface area contributed by atoms with Crippen LogP contribution in [-0.2, 0) is 0 Å². The van der Waals surface area contributed by atoms with Crippen LogP contribution in [0.5, 0.6) is 0 Å². The number of hydrogen-bond donors (Lipinski definition) is 0. The molecule has 1 saturated carbocycles. The standard InChI is InChI=1S/C10H8ClN3/c11-9-7-3-4-12-5-8(7)13-10(14-9)6-1-2-6/h3-6H,1-2H2. The van der Waals surface area contributed by atoms with Gasteiger partial charge in [-0.05, 0) is 18.9 Å². The van der Waals surface area contributed by atoms with Gasteiger partial charge in [-0.3, -0.25) is 4.98 Å². The molecule has 0 spiro atoms. The van der Waals surface area contributed by atoms with Crippen LogP contribution in [0.2, 0.25) is 5.15 Å². The van der Waals surface area contributed by atoms with Crippen LogP contribution < -0.4 is 0 Å². The average molecular weight is 206 g/mol. The molecule has 2 aromatic rings. The first-order valence-electron chi connectivity index (χ1n) is 4.62. The minimum absolute atomic E-state index is 0.525. The molecule has 0 aromatic carbocycles. The normalized spacial score (nSPS) is 16.1. The second kappa shape index (κ2) is 2.89. The lowest BCUT2D eigenvalue weighted by Gasteiger charge is -2.01. The number of rotatable bonds is 1. The van der Waals surface area contributed by atoms with E-state index in [-0.39, 0.29) is 0 Å². The molecule has 4 heteroatoms. The molecule has 0 unspecified atom stereocenters. The van der Waals surface area contributed by atoms with E-state index in [0.29, 0.717) is 11.1 Å². The lowest BCUT2D eigenvalue weighted by atomic mass is 10.3. The van der Waals surface area contributed by atoms with Gasteiger partial charge < -0.3 is 0 Å². The number of aromatic nitrogens is 3. The van der Waals surface area contributed by atoms with E-state index < -0.39 is 0 Å². The molecule has 70 valence electrons. The summed E-state index contributed by atoms with van der Waals surface area (Å²) in [6.07, 6.45) is 5.80. The Hall–Kier alpha value is -1.22. The van der Waals surface area contributed by atoms with E-state index in [2.05, 4.69) is 15.0 Å². The topological polar surface area (TPSA) is 38.7 Å². The smallest absolute Gasteiger partial charge is 0.140 e. The highest BCUT2D eigenvalue weighted by atomic mass is 35.5. The van der Waals surface area contributed by atoms with Crippen LogP contribution in [0, 0.1) is 0 Å². The Morgan fingerprint density at radius 2 is 2.14 bits per heavy atom. The van der Waals surface area contributed by atoms with Crippen molar-refractivity contribution < 1.29 is 0 Å². The summed E-state index contributed by atoms with van der Waals surface area (Å²) in [6, 6.07) is 1.84. The molecule has 14 heavy (non-hydrogen) atoms. The highest BCUT2D eigenvalue weighted by molar-refractivity contribution is 6.34. The molecule has 0 N–H and O–H groups in total. The minimum atomic E-state index is 0.525. The molecular weight excluding hydrogens is 198 g/mol. The van der Waals surface area contributed by atoms with Crippen LogP contribution in [0.25, 0.3) is 10.9 Å². The number of pyridine rings is 1. The van der Waals surface area contributed by atoms with Gasteiger partial charge in [-0.2, -0.15) is 0 Å². The molecule has 0 amide bonds. The van der Waals surface area contributed by atoms with Crippen molar-refractivity contribution in [1.29, 1.82) is 0 Å². The highest BCUT2D eigenvalue weighted by Crippen LogP contribution is 2.39. The van der Waals surface area contributed by atoms with Gasteiger partial charge in [0.2, 0.25) is 0 Å². The van der Waals surface area contributed by atoms with Gasteiger partial charge in [0.25, 0.3) is 0 Å². The highest BCUT2D eigenvalue weighted by Gasteiger charge is 2.27. The molecule has 3 rings (SSSR count). The second-order valence-electron chi connectivity index (χ2n) is 3.54. The SMILES string of the molecule is Clc1nc(C2CC2)nc2cnccc12. The Kier molecular flexibility index (Phi) is 1.67. The average Bonchev–Trinajstić information content (AvgIpc) is 3.01. The van der Waals surface area contributed by atoms with E-state index in [4.69, 9.17) is 11.6 Å². The van der Waals surface area contributed by atoms with Crippen LogP contribution >= 0.6 is 11.6 Å². The number of fused-ring (bicyclic) bond motifs is 1. The molecule has 0 radical (unpaired) electrons. The third-order valence-corrected chi connectivity index (χ3v) is 2.70. The van der Waals surface area contributed by atoms with Crippen LogP contribution in [0.1, 0.15) is 24.6 Å². The quantitative estimate of drug-likeness (QED) is 0.672. The van der Waals surface area contributed by atoms with Gasteiger partial charge in [-0.25, -0.2) is 9.97 Å². The summed E-state index contributed by atoms with van der Waals surface area (Å²) >= 11 is 6.06. The van der Waals surface area contributed by atoms with E-state index in [9.17, 15) is 0 Å². The maximum Gasteiger partial charge on any atom is 0.140 e. The lowest BCUT2D eigenvalue weighted by Crippen LogP contribution is -1.94. The molecular formula is C10H8ClN3.